The van der Waals surface area contributed by atoms with E-state index in [1.807, 2.05) is 0 Å². The fourth-order valence-corrected chi connectivity index (χ4v) is 2.33. The minimum Gasteiger partial charge on any atom is -0.550 e. The molecule has 0 amide bonds. The van der Waals surface area contributed by atoms with Crippen molar-refractivity contribution in [1.82, 2.24) is 0 Å². The summed E-state index contributed by atoms with van der Waals surface area (Å²) in [5, 5.41) is 28.1. The van der Waals surface area contributed by atoms with Crippen LogP contribution in [0.2, 0.25) is 0 Å². The van der Waals surface area contributed by atoms with Gasteiger partial charge in [-0.15, -0.1) is 0 Å². The first-order valence-corrected chi connectivity index (χ1v) is 9.69. The van der Waals surface area contributed by atoms with E-state index < -0.39 is 23.9 Å². The number of carbonyl (C=O) groups is 3. The Labute approximate surface area is 254 Å². The molecule has 0 spiro atoms. The second-order valence-electron chi connectivity index (χ2n) is 6.52. The van der Waals surface area contributed by atoms with Gasteiger partial charge in [0, 0.05) is 18.4 Å². The van der Waals surface area contributed by atoms with Crippen molar-refractivity contribution in [1.29, 1.82) is 0 Å². The fourth-order valence-electron chi connectivity index (χ4n) is 2.33. The van der Waals surface area contributed by atoms with Crippen LogP contribution in [-0.4, -0.2) is 29.1 Å². The number of rotatable bonds is 16. The molecule has 0 rings (SSSR count). The van der Waals surface area contributed by atoms with Crippen molar-refractivity contribution < 1.29 is 132 Å². The van der Waals surface area contributed by atoms with E-state index in [0.29, 0.717) is 6.42 Å². The summed E-state index contributed by atoms with van der Waals surface area (Å²) in [4.78, 5) is 29.9. The maximum Gasteiger partial charge on any atom is 1.00 e. The summed E-state index contributed by atoms with van der Waals surface area (Å²) in [7, 11) is 0. The molecular formula is C19H35K2NO6. The van der Waals surface area contributed by atoms with Crippen molar-refractivity contribution in [2.45, 2.75) is 103 Å². The molecule has 0 aromatic carbocycles. The standard InChI is InChI=1S/C14H28O2.C5H9NO4.2K/c1-2-3-4-5-6-7-8-9-10-11-12-13-14(15)16;6-3(5(9)10)1-2-4(7)8;;/h2-13H2,1H3,(H,15,16);3H,1-2,6H2,(H,7,8)(H,9,10);;/q;;2*+1/p-2. The molecule has 1 atom stereocenters. The quantitative estimate of drug-likeness (QED) is 0.177. The Morgan fingerprint density at radius 2 is 1.18 bits per heavy atom. The van der Waals surface area contributed by atoms with E-state index in [4.69, 9.17) is 10.8 Å². The van der Waals surface area contributed by atoms with Gasteiger partial charge in [-0.1, -0.05) is 71.1 Å². The van der Waals surface area contributed by atoms with Gasteiger partial charge in [0.25, 0.3) is 0 Å². The Hall–Kier alpha value is 1.64. The molecule has 28 heavy (non-hydrogen) atoms. The summed E-state index contributed by atoms with van der Waals surface area (Å²) in [5.41, 5.74) is 4.91. The SMILES string of the molecule is CCCCCCCCCCCCCC(=O)O.NC(CCC(=O)[O-])C(=O)[O-].[K+].[K+]. The number of nitrogens with two attached hydrogens (primary N) is 1. The molecular weight excluding hydrogens is 416 g/mol. The van der Waals surface area contributed by atoms with Crippen LogP contribution in [0.4, 0.5) is 0 Å². The number of carboxylic acids is 3. The van der Waals surface area contributed by atoms with E-state index in [1.54, 1.807) is 0 Å². The molecule has 0 radical (unpaired) electrons. The molecule has 154 valence electrons. The predicted molar refractivity (Wildman–Crippen MR) is 95.9 cm³/mol. The zero-order chi connectivity index (χ0) is 20.2. The zero-order valence-corrected chi connectivity index (χ0v) is 24.3. The van der Waals surface area contributed by atoms with E-state index in [0.717, 1.165) is 12.8 Å². The summed E-state index contributed by atoms with van der Waals surface area (Å²) < 4.78 is 0. The molecule has 9 heteroatoms. The van der Waals surface area contributed by atoms with Crippen LogP contribution in [0.15, 0.2) is 0 Å². The predicted octanol–water partition coefficient (Wildman–Crippen LogP) is -4.63. The van der Waals surface area contributed by atoms with Crippen LogP contribution in [0.25, 0.3) is 0 Å². The van der Waals surface area contributed by atoms with Crippen LogP contribution >= 0.6 is 0 Å². The van der Waals surface area contributed by atoms with E-state index in [2.05, 4.69) is 6.92 Å². The van der Waals surface area contributed by atoms with E-state index in [-0.39, 0.29) is 116 Å². The van der Waals surface area contributed by atoms with Gasteiger partial charge >= 0.3 is 109 Å². The molecule has 0 saturated heterocycles. The van der Waals surface area contributed by atoms with Gasteiger partial charge in [-0.25, -0.2) is 0 Å². The molecule has 0 heterocycles. The molecule has 0 aliphatic heterocycles. The molecule has 0 aliphatic rings. The molecule has 3 N–H and O–H groups in total. The number of carboxylic acid groups (broad SMARTS) is 3. The zero-order valence-electron chi connectivity index (χ0n) is 18.0. The first-order chi connectivity index (χ1) is 12.3. The molecule has 0 bridgehead atoms. The Morgan fingerprint density at radius 1 is 0.786 bits per heavy atom. The second-order valence-corrected chi connectivity index (χ2v) is 6.52. The van der Waals surface area contributed by atoms with Crippen molar-refractivity contribution in [2.24, 2.45) is 5.73 Å². The Balaban J connectivity index is -0.000000210. The van der Waals surface area contributed by atoms with E-state index >= 15 is 0 Å². The van der Waals surface area contributed by atoms with Crippen molar-refractivity contribution >= 4 is 17.9 Å². The second kappa shape index (κ2) is 28.6. The number of hydrogen-bond acceptors (Lipinski definition) is 6. The Bertz CT molecular complexity index is 383. The maximum absolute atomic E-state index is 10.3. The summed E-state index contributed by atoms with van der Waals surface area (Å²) >= 11 is 0. The smallest absolute Gasteiger partial charge is 0.550 e. The average Bonchev–Trinajstić information content (AvgIpc) is 2.57. The van der Waals surface area contributed by atoms with Gasteiger partial charge in [0.05, 0.1) is 5.97 Å². The van der Waals surface area contributed by atoms with Gasteiger partial charge in [0.15, 0.2) is 0 Å². The van der Waals surface area contributed by atoms with Gasteiger partial charge in [-0.3, -0.25) is 4.79 Å². The van der Waals surface area contributed by atoms with Crippen molar-refractivity contribution in [2.75, 3.05) is 0 Å². The van der Waals surface area contributed by atoms with E-state index in [1.165, 1.54) is 57.8 Å². The maximum atomic E-state index is 10.3. The Kier molecular flexibility index (Phi) is 37.8. The van der Waals surface area contributed by atoms with Crippen molar-refractivity contribution in [3.63, 3.8) is 0 Å². The van der Waals surface area contributed by atoms with Crippen molar-refractivity contribution in [3.05, 3.63) is 0 Å². The molecule has 0 aromatic rings. The molecule has 0 aliphatic carbocycles. The third kappa shape index (κ3) is 35.1. The third-order valence-corrected chi connectivity index (χ3v) is 3.96. The monoisotopic (exact) mass is 451 g/mol. The third-order valence-electron chi connectivity index (χ3n) is 3.96. The van der Waals surface area contributed by atoms with Crippen LogP contribution in [0.1, 0.15) is 96.8 Å². The fraction of sp³-hybridized carbons (Fsp3) is 0.842. The van der Waals surface area contributed by atoms with Gasteiger partial charge in [0.2, 0.25) is 0 Å². The topological polar surface area (TPSA) is 144 Å². The first kappa shape index (κ1) is 37.0. The summed E-state index contributed by atoms with van der Waals surface area (Å²) in [6.45, 7) is 2.25. The van der Waals surface area contributed by atoms with Gasteiger partial charge in [0.1, 0.15) is 0 Å². The number of carbonyl (C=O) groups excluding carboxylic acids is 2. The van der Waals surface area contributed by atoms with Gasteiger partial charge in [-0.2, -0.15) is 0 Å². The van der Waals surface area contributed by atoms with Crippen LogP contribution in [0.3, 0.4) is 0 Å². The van der Waals surface area contributed by atoms with E-state index in [9.17, 15) is 24.6 Å². The number of hydrogen-bond donors (Lipinski definition) is 2. The van der Waals surface area contributed by atoms with Crippen molar-refractivity contribution in [3.8, 4) is 0 Å². The number of unbranched alkanes of at least 4 members (excludes halogenated alkanes) is 10. The van der Waals surface area contributed by atoms with Gasteiger partial charge < -0.3 is 30.6 Å². The molecule has 7 nitrogen and oxygen atoms in total. The summed E-state index contributed by atoms with van der Waals surface area (Å²) in [5.74, 6) is -3.41. The van der Waals surface area contributed by atoms with Crippen LogP contribution in [0, 0.1) is 0 Å². The summed E-state index contributed by atoms with van der Waals surface area (Å²) in [6, 6.07) is -1.21. The molecule has 0 aromatic heterocycles. The largest absolute Gasteiger partial charge is 1.00 e. The summed E-state index contributed by atoms with van der Waals surface area (Å²) in [6.07, 6.45) is 13.9. The first-order valence-electron chi connectivity index (χ1n) is 9.69. The molecule has 0 fully saturated rings. The van der Waals surface area contributed by atoms with Crippen LogP contribution < -0.4 is 119 Å². The average molecular weight is 452 g/mol. The van der Waals surface area contributed by atoms with Crippen LogP contribution in [0.5, 0.6) is 0 Å². The minimum absolute atomic E-state index is 0. The number of aliphatic carboxylic acids is 3. The molecule has 0 saturated carbocycles. The van der Waals surface area contributed by atoms with Gasteiger partial charge in [-0.05, 0) is 19.3 Å². The minimum atomic E-state index is -1.44. The molecule has 1 unspecified atom stereocenters. The van der Waals surface area contributed by atoms with Crippen LogP contribution in [-0.2, 0) is 14.4 Å². The normalized spacial score (nSPS) is 10.5. The Morgan fingerprint density at radius 3 is 1.50 bits per heavy atom.